The Labute approximate surface area is 122 Å². The molecule has 0 saturated heterocycles. The Hall–Kier alpha value is -1.38. The van der Waals surface area contributed by atoms with Gasteiger partial charge in [-0.05, 0) is 30.9 Å². The second kappa shape index (κ2) is 9.51. The Bertz CT molecular complexity index is 409. The van der Waals surface area contributed by atoms with Crippen LogP contribution in [0, 0.1) is 5.92 Å². The van der Waals surface area contributed by atoms with Gasteiger partial charge in [0.1, 0.15) is 0 Å². The molecular weight excluding hydrogens is 248 g/mol. The molecule has 0 radical (unpaired) electrons. The first kappa shape index (κ1) is 16.7. The summed E-state index contributed by atoms with van der Waals surface area (Å²) in [4.78, 5) is 0. The molecule has 0 heterocycles. The maximum absolute atomic E-state index is 9.89. The molecule has 0 saturated carbocycles. The van der Waals surface area contributed by atoms with Crippen LogP contribution >= 0.6 is 0 Å². The molecule has 0 bridgehead atoms. The Morgan fingerprint density at radius 3 is 2.65 bits per heavy atom. The first-order valence-corrected chi connectivity index (χ1v) is 7.26. The molecule has 1 N–H and O–H groups in total. The van der Waals surface area contributed by atoms with Gasteiger partial charge in [0.2, 0.25) is 0 Å². The number of benzene rings is 1. The molecule has 0 unspecified atom stereocenters. The molecule has 20 heavy (non-hydrogen) atoms. The average Bonchev–Trinajstić information content (AvgIpc) is 2.47. The molecule has 2 nitrogen and oxygen atoms in total. The van der Waals surface area contributed by atoms with Crippen molar-refractivity contribution in [3.63, 3.8) is 0 Å². The van der Waals surface area contributed by atoms with Gasteiger partial charge in [-0.25, -0.2) is 0 Å². The van der Waals surface area contributed by atoms with E-state index in [0.29, 0.717) is 25.6 Å². The highest BCUT2D eigenvalue weighted by molar-refractivity contribution is 5.13. The van der Waals surface area contributed by atoms with E-state index in [0.717, 1.165) is 12.0 Å². The van der Waals surface area contributed by atoms with Gasteiger partial charge in [-0.1, -0.05) is 49.4 Å². The third-order valence-electron chi connectivity index (χ3n) is 3.38. The van der Waals surface area contributed by atoms with Gasteiger partial charge in [0.15, 0.2) is 0 Å². The minimum atomic E-state index is -0.421. The molecule has 0 aromatic heterocycles. The molecule has 1 aromatic carbocycles. The fourth-order valence-electron chi connectivity index (χ4n) is 2.01. The van der Waals surface area contributed by atoms with Crippen molar-refractivity contribution in [2.75, 3.05) is 6.61 Å². The Morgan fingerprint density at radius 2 is 2.05 bits per heavy atom. The van der Waals surface area contributed by atoms with Crippen LogP contribution in [0.5, 0.6) is 0 Å². The third kappa shape index (κ3) is 6.18. The SMILES string of the molecule is C=CC[C@H](O)/C(C)=C\[C@@H](CC)COCc1ccccc1. The highest BCUT2D eigenvalue weighted by atomic mass is 16.5. The van der Waals surface area contributed by atoms with Crippen LogP contribution in [0.3, 0.4) is 0 Å². The van der Waals surface area contributed by atoms with Crippen molar-refractivity contribution in [2.24, 2.45) is 5.92 Å². The molecule has 0 amide bonds. The van der Waals surface area contributed by atoms with Crippen molar-refractivity contribution in [1.29, 1.82) is 0 Å². The highest BCUT2D eigenvalue weighted by Gasteiger charge is 2.08. The summed E-state index contributed by atoms with van der Waals surface area (Å²) >= 11 is 0. The van der Waals surface area contributed by atoms with Crippen molar-refractivity contribution in [1.82, 2.24) is 0 Å². The number of hydrogen-bond donors (Lipinski definition) is 1. The number of hydrogen-bond acceptors (Lipinski definition) is 2. The summed E-state index contributed by atoms with van der Waals surface area (Å²) in [6.45, 7) is 9.08. The van der Waals surface area contributed by atoms with Crippen LogP contribution in [-0.4, -0.2) is 17.8 Å². The monoisotopic (exact) mass is 274 g/mol. The van der Waals surface area contributed by atoms with Crippen LogP contribution in [0.4, 0.5) is 0 Å². The van der Waals surface area contributed by atoms with Crippen molar-refractivity contribution in [2.45, 2.75) is 39.4 Å². The first-order chi connectivity index (χ1) is 9.67. The Balaban J connectivity index is 2.43. The topological polar surface area (TPSA) is 29.5 Å². The predicted molar refractivity (Wildman–Crippen MR) is 84.5 cm³/mol. The summed E-state index contributed by atoms with van der Waals surface area (Å²) in [6.07, 6.45) is 5.06. The normalized spacial score (nSPS) is 14.8. The second-order valence-electron chi connectivity index (χ2n) is 5.12. The van der Waals surface area contributed by atoms with Gasteiger partial charge in [-0.15, -0.1) is 6.58 Å². The molecule has 110 valence electrons. The zero-order chi connectivity index (χ0) is 14.8. The molecule has 1 rings (SSSR count). The van der Waals surface area contributed by atoms with Gasteiger partial charge >= 0.3 is 0 Å². The van der Waals surface area contributed by atoms with Gasteiger partial charge in [-0.3, -0.25) is 0 Å². The highest BCUT2D eigenvalue weighted by Crippen LogP contribution is 2.14. The van der Waals surface area contributed by atoms with E-state index < -0.39 is 6.10 Å². The molecule has 0 fully saturated rings. The van der Waals surface area contributed by atoms with Gasteiger partial charge in [0.05, 0.1) is 19.3 Å². The minimum Gasteiger partial charge on any atom is -0.388 e. The smallest absolute Gasteiger partial charge is 0.0781 e. The summed E-state index contributed by atoms with van der Waals surface area (Å²) in [5, 5.41) is 9.89. The third-order valence-corrected chi connectivity index (χ3v) is 3.38. The van der Waals surface area contributed by atoms with E-state index >= 15 is 0 Å². The van der Waals surface area contributed by atoms with Crippen LogP contribution in [0.2, 0.25) is 0 Å². The Morgan fingerprint density at radius 1 is 1.35 bits per heavy atom. The lowest BCUT2D eigenvalue weighted by Crippen LogP contribution is -2.12. The first-order valence-electron chi connectivity index (χ1n) is 7.26. The molecule has 2 heteroatoms. The number of aliphatic hydroxyl groups excluding tert-OH is 1. The van der Waals surface area contributed by atoms with Crippen LogP contribution in [0.1, 0.15) is 32.3 Å². The van der Waals surface area contributed by atoms with Crippen LogP contribution in [0.25, 0.3) is 0 Å². The molecule has 1 aromatic rings. The Kier molecular flexibility index (Phi) is 7.93. The van der Waals surface area contributed by atoms with E-state index in [1.54, 1.807) is 6.08 Å². The minimum absolute atomic E-state index is 0.346. The summed E-state index contributed by atoms with van der Waals surface area (Å²) in [6, 6.07) is 10.2. The summed E-state index contributed by atoms with van der Waals surface area (Å²) in [7, 11) is 0. The summed E-state index contributed by atoms with van der Waals surface area (Å²) < 4.78 is 5.77. The fraction of sp³-hybridized carbons (Fsp3) is 0.444. The van der Waals surface area contributed by atoms with Gasteiger partial charge < -0.3 is 9.84 Å². The molecule has 0 aliphatic carbocycles. The molecule has 0 aliphatic rings. The van der Waals surface area contributed by atoms with E-state index in [2.05, 4.69) is 31.7 Å². The van der Waals surface area contributed by atoms with E-state index in [9.17, 15) is 5.11 Å². The fourth-order valence-corrected chi connectivity index (χ4v) is 2.01. The van der Waals surface area contributed by atoms with Crippen LogP contribution in [0.15, 0.2) is 54.6 Å². The van der Waals surface area contributed by atoms with Crippen molar-refractivity contribution in [3.8, 4) is 0 Å². The van der Waals surface area contributed by atoms with Crippen molar-refractivity contribution < 1.29 is 9.84 Å². The van der Waals surface area contributed by atoms with Crippen LogP contribution in [-0.2, 0) is 11.3 Å². The van der Waals surface area contributed by atoms with Gasteiger partial charge in [-0.2, -0.15) is 0 Å². The predicted octanol–water partition coefficient (Wildman–Crippen LogP) is 4.11. The molecular formula is C18H26O2. The van der Waals surface area contributed by atoms with E-state index in [1.807, 2.05) is 25.1 Å². The lowest BCUT2D eigenvalue weighted by atomic mass is 10.00. The van der Waals surface area contributed by atoms with E-state index in [4.69, 9.17) is 4.74 Å². The van der Waals surface area contributed by atoms with E-state index in [1.165, 1.54) is 5.56 Å². The maximum atomic E-state index is 9.89. The zero-order valence-electron chi connectivity index (χ0n) is 12.6. The molecule has 2 atom stereocenters. The van der Waals surface area contributed by atoms with E-state index in [-0.39, 0.29) is 0 Å². The van der Waals surface area contributed by atoms with Crippen molar-refractivity contribution >= 4 is 0 Å². The number of aliphatic hydroxyl groups is 1. The standard InChI is InChI=1S/C18H26O2/c1-4-9-18(19)15(3)12-16(5-2)13-20-14-17-10-7-6-8-11-17/h4,6-8,10-12,16,18-19H,1,5,9,13-14H2,2-3H3/b15-12-/t16-,18+/m1/s1. The number of rotatable bonds is 9. The quantitative estimate of drug-likeness (QED) is 0.687. The molecule has 0 aliphatic heterocycles. The zero-order valence-corrected chi connectivity index (χ0v) is 12.6. The summed E-state index contributed by atoms with van der Waals surface area (Å²) in [5.74, 6) is 0.346. The lowest BCUT2D eigenvalue weighted by molar-refractivity contribution is 0.0977. The van der Waals surface area contributed by atoms with Crippen LogP contribution < -0.4 is 0 Å². The maximum Gasteiger partial charge on any atom is 0.0781 e. The average molecular weight is 274 g/mol. The lowest BCUT2D eigenvalue weighted by Gasteiger charge is -2.15. The van der Waals surface area contributed by atoms with Gasteiger partial charge in [0, 0.05) is 5.92 Å². The largest absolute Gasteiger partial charge is 0.388 e. The number of ether oxygens (including phenoxy) is 1. The van der Waals surface area contributed by atoms with Crippen molar-refractivity contribution in [3.05, 3.63) is 60.2 Å². The van der Waals surface area contributed by atoms with Gasteiger partial charge in [0.25, 0.3) is 0 Å². The summed E-state index contributed by atoms with van der Waals surface area (Å²) in [5.41, 5.74) is 2.19. The molecule has 0 spiro atoms. The second-order valence-corrected chi connectivity index (χ2v) is 5.12.